The van der Waals surface area contributed by atoms with Crippen LogP contribution in [-0.2, 0) is 0 Å². The van der Waals surface area contributed by atoms with Gasteiger partial charge in [-0.15, -0.1) is 0 Å². The number of hydrogen-bond acceptors (Lipinski definition) is 2. The first kappa shape index (κ1) is 13.5. The van der Waals surface area contributed by atoms with E-state index in [4.69, 9.17) is 22.7 Å². The summed E-state index contributed by atoms with van der Waals surface area (Å²) < 4.78 is 6.76. The molecular weight excluding hydrogens is 286 g/mol. The average molecular weight is 302 g/mol. The molecule has 0 aliphatic rings. The summed E-state index contributed by atoms with van der Waals surface area (Å²) in [5.41, 5.74) is 6.22. The van der Waals surface area contributed by atoms with Gasteiger partial charge < -0.3 is 10.5 Å². The summed E-state index contributed by atoms with van der Waals surface area (Å²) >= 11 is 8.37. The molecule has 0 saturated heterocycles. The summed E-state index contributed by atoms with van der Waals surface area (Å²) in [6.07, 6.45) is 0.941. The van der Waals surface area contributed by atoms with E-state index in [0.29, 0.717) is 4.99 Å². The molecule has 4 heteroatoms. The van der Waals surface area contributed by atoms with E-state index in [2.05, 4.69) is 36.7 Å². The second-order valence-electron chi connectivity index (χ2n) is 4.22. The van der Waals surface area contributed by atoms with E-state index in [1.807, 2.05) is 18.2 Å². The number of rotatable bonds is 4. The molecule has 0 amide bonds. The Labute approximate surface area is 110 Å². The van der Waals surface area contributed by atoms with Crippen LogP contribution < -0.4 is 10.5 Å². The van der Waals surface area contributed by atoms with Crippen LogP contribution in [0.15, 0.2) is 22.7 Å². The van der Waals surface area contributed by atoms with Gasteiger partial charge in [0.25, 0.3) is 0 Å². The van der Waals surface area contributed by atoms with Gasteiger partial charge in [-0.1, -0.05) is 19.1 Å². The van der Waals surface area contributed by atoms with Crippen LogP contribution in [0.4, 0.5) is 0 Å². The van der Waals surface area contributed by atoms with E-state index in [1.54, 1.807) is 0 Å². The zero-order valence-corrected chi connectivity index (χ0v) is 12.1. The molecule has 0 saturated carbocycles. The lowest BCUT2D eigenvalue weighted by atomic mass is 10.1. The number of halogens is 1. The molecule has 0 aliphatic carbocycles. The molecule has 2 N–H and O–H groups in total. The van der Waals surface area contributed by atoms with E-state index in [1.165, 1.54) is 0 Å². The molecule has 0 aliphatic heterocycles. The molecule has 0 aromatic heterocycles. The molecule has 0 radical (unpaired) electrons. The molecule has 0 unspecified atom stereocenters. The van der Waals surface area contributed by atoms with Crippen LogP contribution in [0.3, 0.4) is 0 Å². The lowest BCUT2D eigenvalue weighted by Gasteiger charge is -2.25. The first-order valence-electron chi connectivity index (χ1n) is 5.14. The zero-order chi connectivity index (χ0) is 12.3. The van der Waals surface area contributed by atoms with Gasteiger partial charge in [-0.05, 0) is 54.4 Å². The van der Waals surface area contributed by atoms with Crippen LogP contribution in [0.1, 0.15) is 32.8 Å². The normalized spacial score (nSPS) is 11.2. The predicted octanol–water partition coefficient (Wildman–Crippen LogP) is 3.65. The third-order valence-electron chi connectivity index (χ3n) is 2.45. The molecule has 0 bridgehead atoms. The minimum atomic E-state index is -0.173. The predicted molar refractivity (Wildman–Crippen MR) is 75.0 cm³/mol. The van der Waals surface area contributed by atoms with Gasteiger partial charge in [-0.2, -0.15) is 0 Å². The van der Waals surface area contributed by atoms with Crippen molar-refractivity contribution in [3.05, 3.63) is 28.2 Å². The molecule has 0 fully saturated rings. The van der Waals surface area contributed by atoms with Crippen molar-refractivity contribution in [1.82, 2.24) is 0 Å². The highest BCUT2D eigenvalue weighted by atomic mass is 79.9. The molecule has 1 aromatic rings. The van der Waals surface area contributed by atoms with Gasteiger partial charge in [0.2, 0.25) is 0 Å². The van der Waals surface area contributed by atoms with Crippen molar-refractivity contribution >= 4 is 33.1 Å². The molecule has 88 valence electrons. The summed E-state index contributed by atoms with van der Waals surface area (Å²) in [5, 5.41) is 0. The third kappa shape index (κ3) is 3.46. The van der Waals surface area contributed by atoms with Gasteiger partial charge in [-0.3, -0.25) is 0 Å². The second kappa shape index (κ2) is 5.15. The van der Waals surface area contributed by atoms with Crippen molar-refractivity contribution in [2.45, 2.75) is 32.8 Å². The van der Waals surface area contributed by atoms with Crippen molar-refractivity contribution in [2.24, 2.45) is 5.73 Å². The maximum atomic E-state index is 5.89. The first-order valence-corrected chi connectivity index (χ1v) is 6.34. The highest BCUT2D eigenvalue weighted by Gasteiger charge is 2.18. The highest BCUT2D eigenvalue weighted by molar-refractivity contribution is 9.10. The summed E-state index contributed by atoms with van der Waals surface area (Å²) in [6, 6.07) is 5.63. The standard InChI is InChI=1S/C12H16BrNOS/c1-4-12(2,3)15-10-6-5-8(11(14)16)7-9(10)13/h5-7H,4H2,1-3H3,(H2,14,16). The van der Waals surface area contributed by atoms with Crippen molar-refractivity contribution in [1.29, 1.82) is 0 Å². The number of benzene rings is 1. The minimum absolute atomic E-state index is 0.173. The Hall–Kier alpha value is -0.610. The van der Waals surface area contributed by atoms with Crippen LogP contribution in [0, 0.1) is 0 Å². The Kier molecular flexibility index (Phi) is 4.33. The van der Waals surface area contributed by atoms with E-state index < -0.39 is 0 Å². The number of thiocarbonyl (C=S) groups is 1. The average Bonchev–Trinajstić information content (AvgIpc) is 2.20. The topological polar surface area (TPSA) is 35.2 Å². The maximum Gasteiger partial charge on any atom is 0.134 e. The number of hydrogen-bond donors (Lipinski definition) is 1. The molecule has 2 nitrogen and oxygen atoms in total. The van der Waals surface area contributed by atoms with Gasteiger partial charge in [-0.25, -0.2) is 0 Å². The van der Waals surface area contributed by atoms with Crippen molar-refractivity contribution in [3.63, 3.8) is 0 Å². The zero-order valence-electron chi connectivity index (χ0n) is 9.71. The fourth-order valence-corrected chi connectivity index (χ4v) is 1.69. The second-order valence-corrected chi connectivity index (χ2v) is 5.52. The van der Waals surface area contributed by atoms with Crippen LogP contribution >= 0.6 is 28.1 Å². The fourth-order valence-electron chi connectivity index (χ4n) is 1.11. The van der Waals surface area contributed by atoms with Gasteiger partial charge in [0.05, 0.1) is 4.47 Å². The summed E-state index contributed by atoms with van der Waals surface area (Å²) in [5.74, 6) is 0.812. The van der Waals surface area contributed by atoms with E-state index >= 15 is 0 Å². The fraction of sp³-hybridized carbons (Fsp3) is 0.417. The van der Waals surface area contributed by atoms with Crippen molar-refractivity contribution in [3.8, 4) is 5.75 Å². The smallest absolute Gasteiger partial charge is 0.134 e. The molecular formula is C12H16BrNOS. The molecule has 16 heavy (non-hydrogen) atoms. The monoisotopic (exact) mass is 301 g/mol. The maximum absolute atomic E-state index is 5.89. The SMILES string of the molecule is CCC(C)(C)Oc1ccc(C(N)=S)cc1Br. The van der Waals surface area contributed by atoms with Gasteiger partial charge >= 0.3 is 0 Å². The van der Waals surface area contributed by atoms with E-state index in [0.717, 1.165) is 22.2 Å². The van der Waals surface area contributed by atoms with Crippen LogP contribution in [0.2, 0.25) is 0 Å². The number of ether oxygens (including phenoxy) is 1. The summed E-state index contributed by atoms with van der Waals surface area (Å²) in [7, 11) is 0. The molecule has 0 spiro atoms. The lowest BCUT2D eigenvalue weighted by molar-refractivity contribution is 0.104. The minimum Gasteiger partial charge on any atom is -0.487 e. The largest absolute Gasteiger partial charge is 0.487 e. The molecule has 0 atom stereocenters. The number of nitrogens with two attached hydrogens (primary N) is 1. The molecule has 0 heterocycles. The Balaban J connectivity index is 2.96. The van der Waals surface area contributed by atoms with E-state index in [9.17, 15) is 0 Å². The van der Waals surface area contributed by atoms with E-state index in [-0.39, 0.29) is 5.60 Å². The molecule has 1 rings (SSSR count). The third-order valence-corrected chi connectivity index (χ3v) is 3.31. The van der Waals surface area contributed by atoms with Crippen molar-refractivity contribution < 1.29 is 4.74 Å². The quantitative estimate of drug-likeness (QED) is 0.862. The Bertz CT molecular complexity index is 404. The Morgan fingerprint density at radius 2 is 2.12 bits per heavy atom. The first-order chi connectivity index (χ1) is 7.35. The summed E-state index contributed by atoms with van der Waals surface area (Å²) in [4.78, 5) is 0.391. The Morgan fingerprint density at radius 1 is 1.50 bits per heavy atom. The highest BCUT2D eigenvalue weighted by Crippen LogP contribution is 2.30. The van der Waals surface area contributed by atoms with Crippen molar-refractivity contribution in [2.75, 3.05) is 0 Å². The Morgan fingerprint density at radius 3 is 2.56 bits per heavy atom. The van der Waals surface area contributed by atoms with Crippen LogP contribution in [0.25, 0.3) is 0 Å². The van der Waals surface area contributed by atoms with Crippen LogP contribution in [-0.4, -0.2) is 10.6 Å². The summed E-state index contributed by atoms with van der Waals surface area (Å²) in [6.45, 7) is 6.21. The van der Waals surface area contributed by atoms with Crippen LogP contribution in [0.5, 0.6) is 5.75 Å². The van der Waals surface area contributed by atoms with Gasteiger partial charge in [0.1, 0.15) is 16.3 Å². The molecule has 1 aromatic carbocycles. The van der Waals surface area contributed by atoms with Gasteiger partial charge in [0, 0.05) is 5.56 Å². The van der Waals surface area contributed by atoms with Gasteiger partial charge in [0.15, 0.2) is 0 Å². The lowest BCUT2D eigenvalue weighted by Crippen LogP contribution is -2.27.